The number of esters is 1. The first kappa shape index (κ1) is 19.2. The molecule has 0 bridgehead atoms. The number of thiazole rings is 1. The average Bonchev–Trinajstić information content (AvgIpc) is 3.27. The lowest BCUT2D eigenvalue weighted by Crippen LogP contribution is -2.24. The van der Waals surface area contributed by atoms with Crippen molar-refractivity contribution in [3.8, 4) is 16.3 Å². The second-order valence-electron chi connectivity index (χ2n) is 7.43. The van der Waals surface area contributed by atoms with Crippen molar-refractivity contribution in [1.29, 1.82) is 0 Å². The number of pyridine rings is 1. The number of nitrogens with zero attached hydrogens (tertiary/aromatic N) is 3. The van der Waals surface area contributed by atoms with Crippen molar-refractivity contribution in [3.05, 3.63) is 65.4 Å². The predicted molar refractivity (Wildman–Crippen MR) is 107 cm³/mol. The van der Waals surface area contributed by atoms with Gasteiger partial charge in [0.1, 0.15) is 11.2 Å². The summed E-state index contributed by atoms with van der Waals surface area (Å²) in [4.78, 5) is 21.1. The molecule has 5 nitrogen and oxygen atoms in total. The number of hydrogen-bond donors (Lipinski definition) is 0. The number of rotatable bonds is 3. The van der Waals surface area contributed by atoms with E-state index in [9.17, 15) is 13.6 Å². The van der Waals surface area contributed by atoms with Gasteiger partial charge in [-0.2, -0.15) is 0 Å². The molecule has 1 aromatic carbocycles. The molecule has 4 aromatic rings. The standard InChI is InChI=1S/C21H17F2N3O2S/c1-21(2,3)28-19(27)17-11-29-20(25-17)26-10-14(13-5-4-8-24-18(13)26)12-6-7-15(22)16(23)9-12/h4-11H,1-3H3. The van der Waals surface area contributed by atoms with Gasteiger partial charge in [0, 0.05) is 28.7 Å². The molecule has 148 valence electrons. The normalized spacial score (nSPS) is 11.8. The Bertz CT molecular complexity index is 1220. The average molecular weight is 413 g/mol. The van der Waals surface area contributed by atoms with Crippen LogP contribution in [0.15, 0.2) is 48.1 Å². The van der Waals surface area contributed by atoms with Crippen LogP contribution in [0, 0.1) is 11.6 Å². The molecule has 0 aliphatic heterocycles. The maximum atomic E-state index is 13.8. The predicted octanol–water partition coefficient (Wildman–Crippen LogP) is 5.38. The third kappa shape index (κ3) is 3.75. The minimum atomic E-state index is -0.922. The lowest BCUT2D eigenvalue weighted by molar-refractivity contribution is 0.00636. The fraction of sp³-hybridized carbons (Fsp3) is 0.190. The number of hydrogen-bond acceptors (Lipinski definition) is 5. The Hall–Kier alpha value is -3.13. The minimum absolute atomic E-state index is 0.201. The molecular weight excluding hydrogens is 396 g/mol. The van der Waals surface area contributed by atoms with E-state index in [0.29, 0.717) is 21.9 Å². The lowest BCUT2D eigenvalue weighted by Gasteiger charge is -2.18. The van der Waals surface area contributed by atoms with Crippen LogP contribution >= 0.6 is 11.3 Å². The van der Waals surface area contributed by atoms with Crippen molar-refractivity contribution in [1.82, 2.24) is 14.5 Å². The minimum Gasteiger partial charge on any atom is -0.455 e. The molecule has 0 N–H and O–H groups in total. The molecule has 0 fully saturated rings. The highest BCUT2D eigenvalue weighted by atomic mass is 32.1. The zero-order valence-electron chi connectivity index (χ0n) is 15.9. The van der Waals surface area contributed by atoms with Gasteiger partial charge in [0.25, 0.3) is 0 Å². The van der Waals surface area contributed by atoms with E-state index in [2.05, 4.69) is 9.97 Å². The summed E-state index contributed by atoms with van der Waals surface area (Å²) in [7, 11) is 0. The van der Waals surface area contributed by atoms with Crippen LogP contribution in [0.4, 0.5) is 8.78 Å². The molecule has 0 amide bonds. The van der Waals surface area contributed by atoms with Crippen molar-refractivity contribution in [2.45, 2.75) is 26.4 Å². The van der Waals surface area contributed by atoms with Crippen LogP contribution in [0.2, 0.25) is 0 Å². The Morgan fingerprint density at radius 3 is 2.69 bits per heavy atom. The van der Waals surface area contributed by atoms with E-state index in [1.165, 1.54) is 17.4 Å². The van der Waals surface area contributed by atoms with Crippen LogP contribution in [0.3, 0.4) is 0 Å². The van der Waals surface area contributed by atoms with Gasteiger partial charge in [0.2, 0.25) is 0 Å². The van der Waals surface area contributed by atoms with Gasteiger partial charge in [-0.05, 0) is 50.6 Å². The van der Waals surface area contributed by atoms with E-state index in [0.717, 1.165) is 17.5 Å². The quantitative estimate of drug-likeness (QED) is 0.423. The fourth-order valence-electron chi connectivity index (χ4n) is 2.90. The summed E-state index contributed by atoms with van der Waals surface area (Å²) in [6.45, 7) is 5.36. The number of fused-ring (bicyclic) bond motifs is 1. The maximum Gasteiger partial charge on any atom is 0.358 e. The maximum absolute atomic E-state index is 13.8. The Balaban J connectivity index is 1.80. The van der Waals surface area contributed by atoms with Gasteiger partial charge < -0.3 is 4.74 Å². The third-order valence-electron chi connectivity index (χ3n) is 4.10. The fourth-order valence-corrected chi connectivity index (χ4v) is 3.67. The SMILES string of the molecule is CC(C)(C)OC(=O)c1csc(-n2cc(-c3ccc(F)c(F)c3)c3cccnc32)n1. The second-order valence-corrected chi connectivity index (χ2v) is 8.27. The van der Waals surface area contributed by atoms with Gasteiger partial charge in [0.15, 0.2) is 22.5 Å². The van der Waals surface area contributed by atoms with Gasteiger partial charge in [-0.1, -0.05) is 6.07 Å². The van der Waals surface area contributed by atoms with Crippen LogP contribution in [-0.2, 0) is 4.74 Å². The monoisotopic (exact) mass is 413 g/mol. The van der Waals surface area contributed by atoms with Crippen molar-refractivity contribution < 1.29 is 18.3 Å². The number of benzene rings is 1. The Morgan fingerprint density at radius 1 is 1.17 bits per heavy atom. The number of ether oxygens (including phenoxy) is 1. The van der Waals surface area contributed by atoms with E-state index in [1.54, 1.807) is 49.2 Å². The molecule has 3 aromatic heterocycles. The number of aromatic nitrogens is 3. The molecular formula is C21H17F2N3O2S. The summed E-state index contributed by atoms with van der Waals surface area (Å²) in [5.74, 6) is -2.34. The van der Waals surface area contributed by atoms with E-state index < -0.39 is 23.2 Å². The zero-order valence-corrected chi connectivity index (χ0v) is 16.8. The molecule has 0 saturated heterocycles. The van der Waals surface area contributed by atoms with E-state index in [-0.39, 0.29) is 5.69 Å². The molecule has 8 heteroatoms. The smallest absolute Gasteiger partial charge is 0.358 e. The van der Waals surface area contributed by atoms with Gasteiger partial charge in [-0.3, -0.25) is 4.57 Å². The van der Waals surface area contributed by atoms with Crippen LogP contribution in [-0.4, -0.2) is 26.1 Å². The Kier molecular flexibility index (Phi) is 4.66. The van der Waals surface area contributed by atoms with Crippen LogP contribution < -0.4 is 0 Å². The molecule has 0 aliphatic carbocycles. The van der Waals surface area contributed by atoms with E-state index in [4.69, 9.17) is 4.74 Å². The molecule has 4 rings (SSSR count). The van der Waals surface area contributed by atoms with Crippen molar-refractivity contribution >= 4 is 28.3 Å². The first-order valence-electron chi connectivity index (χ1n) is 8.84. The molecule has 0 unspecified atom stereocenters. The highest BCUT2D eigenvalue weighted by molar-refractivity contribution is 7.12. The molecule has 0 atom stereocenters. The highest BCUT2D eigenvalue weighted by Gasteiger charge is 2.22. The first-order chi connectivity index (χ1) is 13.7. The summed E-state index contributed by atoms with van der Waals surface area (Å²) in [5, 5.41) is 2.89. The van der Waals surface area contributed by atoms with Crippen molar-refractivity contribution in [2.24, 2.45) is 0 Å². The van der Waals surface area contributed by atoms with Gasteiger partial charge in [0.05, 0.1) is 0 Å². The second kappa shape index (κ2) is 7.04. The summed E-state index contributed by atoms with van der Waals surface area (Å²) in [6.07, 6.45) is 3.39. The number of carbonyl (C=O) groups is 1. The van der Waals surface area contributed by atoms with Gasteiger partial charge in [-0.15, -0.1) is 11.3 Å². The molecule has 0 saturated carbocycles. The topological polar surface area (TPSA) is 57.0 Å². The summed E-state index contributed by atoms with van der Waals surface area (Å²) in [6, 6.07) is 7.37. The van der Waals surface area contributed by atoms with E-state index >= 15 is 0 Å². The van der Waals surface area contributed by atoms with Crippen LogP contribution in [0.1, 0.15) is 31.3 Å². The zero-order chi connectivity index (χ0) is 20.8. The van der Waals surface area contributed by atoms with Crippen LogP contribution in [0.5, 0.6) is 0 Å². The molecule has 0 aliphatic rings. The molecule has 3 heterocycles. The van der Waals surface area contributed by atoms with Crippen LogP contribution in [0.25, 0.3) is 27.3 Å². The van der Waals surface area contributed by atoms with Crippen molar-refractivity contribution in [3.63, 3.8) is 0 Å². The summed E-state index contributed by atoms with van der Waals surface area (Å²) < 4.78 is 34.2. The lowest BCUT2D eigenvalue weighted by atomic mass is 10.1. The Labute approximate surface area is 169 Å². The molecule has 0 radical (unpaired) electrons. The largest absolute Gasteiger partial charge is 0.455 e. The summed E-state index contributed by atoms with van der Waals surface area (Å²) in [5.41, 5.74) is 1.37. The van der Waals surface area contributed by atoms with Gasteiger partial charge in [-0.25, -0.2) is 23.5 Å². The number of carbonyl (C=O) groups excluding carboxylic acids is 1. The molecule has 0 spiro atoms. The summed E-state index contributed by atoms with van der Waals surface area (Å²) >= 11 is 1.26. The molecule has 29 heavy (non-hydrogen) atoms. The Morgan fingerprint density at radius 2 is 1.97 bits per heavy atom. The highest BCUT2D eigenvalue weighted by Crippen LogP contribution is 2.33. The third-order valence-corrected chi connectivity index (χ3v) is 4.94. The van der Waals surface area contributed by atoms with E-state index in [1.807, 2.05) is 6.07 Å². The van der Waals surface area contributed by atoms with Crippen molar-refractivity contribution in [2.75, 3.05) is 0 Å². The first-order valence-corrected chi connectivity index (χ1v) is 9.71. The van der Waals surface area contributed by atoms with Gasteiger partial charge >= 0.3 is 5.97 Å². The number of halogens is 2.